The minimum Gasteiger partial charge on any atom is -0.295 e. The topological polar surface area (TPSA) is 63.2 Å². The zero-order valence-corrected chi connectivity index (χ0v) is 12.9. The monoisotopic (exact) mass is 335 g/mol. The molecule has 122 valence electrons. The van der Waals surface area contributed by atoms with Crippen molar-refractivity contribution in [1.82, 2.24) is 4.72 Å². The summed E-state index contributed by atoms with van der Waals surface area (Å²) in [6.07, 6.45) is 0.964. The van der Waals surface area contributed by atoms with Crippen molar-refractivity contribution in [2.24, 2.45) is 0 Å². The van der Waals surface area contributed by atoms with E-state index in [-0.39, 0.29) is 18.6 Å². The van der Waals surface area contributed by atoms with Gasteiger partial charge in [0.1, 0.15) is 0 Å². The number of benzene rings is 1. The fourth-order valence-electron chi connectivity index (χ4n) is 2.71. The van der Waals surface area contributed by atoms with Crippen molar-refractivity contribution in [3.05, 3.63) is 34.4 Å². The van der Waals surface area contributed by atoms with Gasteiger partial charge in [0, 0.05) is 11.6 Å². The SMILES string of the molecule is CCc1cc2c(cc1C(C)=O)CC(NS(=O)(=O)C(F)(F)F)C2. The van der Waals surface area contributed by atoms with Crippen molar-refractivity contribution >= 4 is 15.8 Å². The van der Waals surface area contributed by atoms with Gasteiger partial charge in [-0.2, -0.15) is 13.2 Å². The van der Waals surface area contributed by atoms with Gasteiger partial charge in [0.05, 0.1) is 0 Å². The number of hydrogen-bond acceptors (Lipinski definition) is 3. The van der Waals surface area contributed by atoms with Crippen LogP contribution in [0.5, 0.6) is 0 Å². The second kappa shape index (κ2) is 5.66. The molecular weight excluding hydrogens is 319 g/mol. The van der Waals surface area contributed by atoms with E-state index in [2.05, 4.69) is 0 Å². The normalized spacial score (nSPS) is 18.3. The molecule has 0 saturated heterocycles. The molecule has 22 heavy (non-hydrogen) atoms. The number of halogens is 3. The molecule has 1 unspecified atom stereocenters. The molecule has 0 aromatic heterocycles. The van der Waals surface area contributed by atoms with E-state index in [0.29, 0.717) is 12.0 Å². The Morgan fingerprint density at radius 3 is 2.27 bits per heavy atom. The Kier molecular flexibility index (Phi) is 4.36. The molecule has 0 bridgehead atoms. The summed E-state index contributed by atoms with van der Waals surface area (Å²) in [5.41, 5.74) is -2.44. The first-order valence-corrected chi connectivity index (χ1v) is 8.27. The lowest BCUT2D eigenvalue weighted by molar-refractivity contribution is -0.0450. The van der Waals surface area contributed by atoms with Crippen LogP contribution in [0.3, 0.4) is 0 Å². The van der Waals surface area contributed by atoms with E-state index in [0.717, 1.165) is 16.7 Å². The van der Waals surface area contributed by atoms with Crippen LogP contribution in [0.4, 0.5) is 13.2 Å². The average Bonchev–Trinajstić information content (AvgIpc) is 2.75. The van der Waals surface area contributed by atoms with E-state index in [1.165, 1.54) is 6.92 Å². The minimum atomic E-state index is -5.36. The van der Waals surface area contributed by atoms with Crippen LogP contribution < -0.4 is 4.72 Å². The van der Waals surface area contributed by atoms with E-state index in [1.54, 1.807) is 16.9 Å². The van der Waals surface area contributed by atoms with Crippen LogP contribution in [-0.4, -0.2) is 25.8 Å². The number of sulfonamides is 1. The molecule has 1 atom stereocenters. The molecule has 0 spiro atoms. The lowest BCUT2D eigenvalue weighted by Crippen LogP contribution is -2.43. The quantitative estimate of drug-likeness (QED) is 0.859. The summed E-state index contributed by atoms with van der Waals surface area (Å²) in [5, 5.41) is 0. The fourth-order valence-corrected chi connectivity index (χ4v) is 3.45. The molecule has 0 amide bonds. The van der Waals surface area contributed by atoms with E-state index in [9.17, 15) is 26.4 Å². The number of nitrogens with one attached hydrogen (secondary N) is 1. The third kappa shape index (κ3) is 3.17. The molecule has 0 saturated carbocycles. The van der Waals surface area contributed by atoms with Crippen molar-refractivity contribution in [1.29, 1.82) is 0 Å². The maximum atomic E-state index is 12.4. The fraction of sp³-hybridized carbons (Fsp3) is 0.500. The van der Waals surface area contributed by atoms with Crippen molar-refractivity contribution < 1.29 is 26.4 Å². The number of alkyl halides is 3. The molecule has 0 aliphatic heterocycles. The average molecular weight is 335 g/mol. The summed E-state index contributed by atoms with van der Waals surface area (Å²) in [5.74, 6) is -0.112. The van der Waals surface area contributed by atoms with E-state index in [4.69, 9.17) is 0 Å². The van der Waals surface area contributed by atoms with Gasteiger partial charge >= 0.3 is 15.5 Å². The van der Waals surface area contributed by atoms with E-state index >= 15 is 0 Å². The number of aryl methyl sites for hydroxylation is 1. The molecule has 0 fully saturated rings. The first kappa shape index (κ1) is 17.0. The third-order valence-corrected chi connectivity index (χ3v) is 5.00. The second-order valence-corrected chi connectivity index (χ2v) is 7.07. The highest BCUT2D eigenvalue weighted by Gasteiger charge is 2.47. The highest BCUT2D eigenvalue weighted by atomic mass is 32.2. The first-order valence-electron chi connectivity index (χ1n) is 6.79. The van der Waals surface area contributed by atoms with E-state index < -0.39 is 21.6 Å². The Labute approximate surface area is 126 Å². The van der Waals surface area contributed by atoms with Crippen molar-refractivity contribution in [3.63, 3.8) is 0 Å². The smallest absolute Gasteiger partial charge is 0.295 e. The first-order chi connectivity index (χ1) is 10.0. The van der Waals surface area contributed by atoms with Crippen LogP contribution >= 0.6 is 0 Å². The number of hydrogen-bond donors (Lipinski definition) is 1. The molecular formula is C14H16F3NO3S. The molecule has 0 heterocycles. The predicted octanol–water partition coefficient (Wildman–Crippen LogP) is 2.36. The highest BCUT2D eigenvalue weighted by Crippen LogP contribution is 2.29. The van der Waals surface area contributed by atoms with Crippen LogP contribution in [0, 0.1) is 0 Å². The summed E-state index contributed by atoms with van der Waals surface area (Å²) < 4.78 is 61.3. The van der Waals surface area contributed by atoms with Crippen molar-refractivity contribution in [2.45, 2.75) is 44.7 Å². The molecule has 4 nitrogen and oxygen atoms in total. The summed E-state index contributed by atoms with van der Waals surface area (Å²) in [4.78, 5) is 11.6. The van der Waals surface area contributed by atoms with Gasteiger partial charge in [-0.1, -0.05) is 13.0 Å². The molecule has 8 heteroatoms. The number of fused-ring (bicyclic) bond motifs is 1. The number of Topliss-reactive ketones (excluding diaryl/α,β-unsaturated/α-hetero) is 1. The highest BCUT2D eigenvalue weighted by molar-refractivity contribution is 7.90. The third-order valence-electron chi connectivity index (χ3n) is 3.74. The van der Waals surface area contributed by atoms with Crippen molar-refractivity contribution in [3.8, 4) is 0 Å². The molecule has 2 rings (SSSR count). The van der Waals surface area contributed by atoms with Gasteiger partial charge in [-0.05, 0) is 48.9 Å². The molecule has 1 N–H and O–H groups in total. The summed E-state index contributed by atoms with van der Waals surface area (Å²) in [6.45, 7) is 3.31. The molecule has 1 aromatic rings. The second-order valence-electron chi connectivity index (χ2n) is 5.36. The Balaban J connectivity index is 2.26. The van der Waals surface area contributed by atoms with Gasteiger partial charge in [0.15, 0.2) is 5.78 Å². The van der Waals surface area contributed by atoms with Crippen LogP contribution in [-0.2, 0) is 29.3 Å². The Bertz CT molecular complexity index is 711. The van der Waals surface area contributed by atoms with Gasteiger partial charge in [-0.15, -0.1) is 0 Å². The zero-order valence-electron chi connectivity index (χ0n) is 12.1. The molecule has 1 aliphatic rings. The van der Waals surface area contributed by atoms with E-state index in [1.807, 2.05) is 6.92 Å². The summed E-state index contributed by atoms with van der Waals surface area (Å²) >= 11 is 0. The van der Waals surface area contributed by atoms with Gasteiger partial charge in [0.25, 0.3) is 0 Å². The molecule has 1 aromatic carbocycles. The number of rotatable bonds is 4. The van der Waals surface area contributed by atoms with Crippen molar-refractivity contribution in [2.75, 3.05) is 0 Å². The maximum Gasteiger partial charge on any atom is 0.511 e. The standard InChI is InChI=1S/C14H16F3NO3S/c1-3-9-4-10-5-12(18-22(20,21)14(15,16)17)6-11(10)7-13(9)8(2)19/h4,7,12,18H,3,5-6H2,1-2H3. The minimum absolute atomic E-state index is 0.112. The Hall–Kier alpha value is -1.41. The number of carbonyl (C=O) groups is 1. The summed E-state index contributed by atoms with van der Waals surface area (Å²) in [7, 11) is -5.36. The lowest BCUT2D eigenvalue weighted by atomic mass is 9.96. The van der Waals surface area contributed by atoms with Crippen LogP contribution in [0.2, 0.25) is 0 Å². The zero-order chi connectivity index (χ0) is 16.7. The van der Waals surface area contributed by atoms with Gasteiger partial charge in [-0.3, -0.25) is 4.79 Å². The van der Waals surface area contributed by atoms with Gasteiger partial charge in [0.2, 0.25) is 0 Å². The number of ketones is 1. The summed E-state index contributed by atoms with van der Waals surface area (Å²) in [6, 6.07) is 2.61. The Morgan fingerprint density at radius 1 is 1.27 bits per heavy atom. The van der Waals surface area contributed by atoms with Crippen LogP contribution in [0.15, 0.2) is 12.1 Å². The van der Waals surface area contributed by atoms with Crippen LogP contribution in [0.25, 0.3) is 0 Å². The predicted molar refractivity (Wildman–Crippen MR) is 75.1 cm³/mol. The molecule has 1 aliphatic carbocycles. The molecule has 0 radical (unpaired) electrons. The maximum absolute atomic E-state index is 12.4. The largest absolute Gasteiger partial charge is 0.511 e. The Morgan fingerprint density at radius 2 is 1.82 bits per heavy atom. The lowest BCUT2D eigenvalue weighted by Gasteiger charge is -2.14. The van der Waals surface area contributed by atoms with Gasteiger partial charge < -0.3 is 0 Å². The van der Waals surface area contributed by atoms with Crippen LogP contribution in [0.1, 0.15) is 40.9 Å². The van der Waals surface area contributed by atoms with Gasteiger partial charge in [-0.25, -0.2) is 13.1 Å². The number of carbonyl (C=O) groups excluding carboxylic acids is 1.